The highest BCUT2D eigenvalue weighted by Gasteiger charge is 2.68. The summed E-state index contributed by atoms with van der Waals surface area (Å²) < 4.78 is 7.87. The Morgan fingerprint density at radius 3 is 2.08 bits per heavy atom. The first kappa shape index (κ1) is 31.4. The van der Waals surface area contributed by atoms with Crippen molar-refractivity contribution in [3.05, 3.63) is 71.8 Å². The van der Waals surface area contributed by atoms with Gasteiger partial charge in [0.05, 0.1) is 45.3 Å². The van der Waals surface area contributed by atoms with Crippen LogP contribution in [0, 0.1) is 0 Å². The summed E-state index contributed by atoms with van der Waals surface area (Å²) in [5, 5.41) is 3.14. The molecular formula is C31H45Br2N5O2. The fourth-order valence-corrected chi connectivity index (χ4v) is 8.04. The molecular weight excluding hydrogens is 634 g/mol. The molecule has 2 aromatic rings. The van der Waals surface area contributed by atoms with Crippen molar-refractivity contribution >= 4 is 6.09 Å². The van der Waals surface area contributed by atoms with Crippen LogP contribution in [0.1, 0.15) is 38.3 Å². The molecule has 7 nitrogen and oxygen atoms in total. The van der Waals surface area contributed by atoms with Crippen LogP contribution in [-0.4, -0.2) is 101 Å². The molecule has 0 aromatic heterocycles. The van der Waals surface area contributed by atoms with Crippen LogP contribution in [0.2, 0.25) is 0 Å². The number of hydrogen-bond donors (Lipinski definition) is 1. The third-order valence-corrected chi connectivity index (χ3v) is 9.39. The number of halogens is 2. The number of carbonyl (C=O) groups is 1. The Morgan fingerprint density at radius 1 is 0.850 bits per heavy atom. The normalized spacial score (nSPS) is 31.3. The van der Waals surface area contributed by atoms with Crippen molar-refractivity contribution in [2.24, 2.45) is 0 Å². The van der Waals surface area contributed by atoms with Gasteiger partial charge < -0.3 is 44.0 Å². The van der Waals surface area contributed by atoms with Gasteiger partial charge in [-0.1, -0.05) is 60.7 Å². The lowest BCUT2D eigenvalue weighted by atomic mass is 9.97. The van der Waals surface area contributed by atoms with Gasteiger partial charge in [-0.25, -0.2) is 14.6 Å². The van der Waals surface area contributed by atoms with Crippen LogP contribution < -0.4 is 39.3 Å². The summed E-state index contributed by atoms with van der Waals surface area (Å²) in [5.74, 6) is 0. The van der Waals surface area contributed by atoms with Crippen molar-refractivity contribution in [2.75, 3.05) is 52.4 Å². The van der Waals surface area contributed by atoms with E-state index in [2.05, 4.69) is 75.8 Å². The number of hydrogen-bond acceptors (Lipinski definition) is 4. The first-order valence-electron chi connectivity index (χ1n) is 14.5. The van der Waals surface area contributed by atoms with Gasteiger partial charge in [0, 0.05) is 30.6 Å². The van der Waals surface area contributed by atoms with Gasteiger partial charge in [-0.05, 0) is 20.8 Å². The molecule has 40 heavy (non-hydrogen) atoms. The molecule has 4 aliphatic rings. The highest BCUT2D eigenvalue weighted by molar-refractivity contribution is 5.67. The van der Waals surface area contributed by atoms with Gasteiger partial charge in [0.15, 0.2) is 0 Å². The van der Waals surface area contributed by atoms with E-state index in [4.69, 9.17) is 4.74 Å². The van der Waals surface area contributed by atoms with E-state index in [-0.39, 0.29) is 40.1 Å². The van der Waals surface area contributed by atoms with Crippen LogP contribution >= 0.6 is 0 Å². The molecule has 1 N–H and O–H groups in total. The van der Waals surface area contributed by atoms with Gasteiger partial charge in [-0.3, -0.25) is 8.97 Å². The number of piperazine rings is 2. The predicted molar refractivity (Wildman–Crippen MR) is 149 cm³/mol. The molecule has 0 bridgehead atoms. The summed E-state index contributed by atoms with van der Waals surface area (Å²) in [6.45, 7) is 16.7. The van der Waals surface area contributed by atoms with Gasteiger partial charge in [0.25, 0.3) is 0 Å². The Hall–Kier alpha value is -1.49. The minimum absolute atomic E-state index is 0. The van der Waals surface area contributed by atoms with Gasteiger partial charge >= 0.3 is 6.09 Å². The molecule has 1 amide bonds. The van der Waals surface area contributed by atoms with Crippen molar-refractivity contribution in [3.63, 3.8) is 0 Å². The maximum atomic E-state index is 12.6. The maximum Gasteiger partial charge on any atom is 0.407 e. The van der Waals surface area contributed by atoms with E-state index in [9.17, 15) is 4.79 Å². The highest BCUT2D eigenvalue weighted by Crippen LogP contribution is 2.46. The zero-order valence-electron chi connectivity index (χ0n) is 24.1. The van der Waals surface area contributed by atoms with Crippen molar-refractivity contribution in [1.82, 2.24) is 15.1 Å². The highest BCUT2D eigenvalue weighted by atomic mass is 79.9. The molecule has 6 rings (SSSR count). The molecule has 4 fully saturated rings. The summed E-state index contributed by atoms with van der Waals surface area (Å²) >= 11 is 0. The molecule has 220 valence electrons. The fourth-order valence-electron chi connectivity index (χ4n) is 8.04. The number of quaternary nitrogens is 2. The Bertz CT molecular complexity index is 1130. The average molecular weight is 680 g/mol. The van der Waals surface area contributed by atoms with Gasteiger partial charge in [0.2, 0.25) is 12.3 Å². The molecule has 4 saturated heterocycles. The molecule has 4 aliphatic heterocycles. The van der Waals surface area contributed by atoms with Crippen molar-refractivity contribution in [1.29, 1.82) is 0 Å². The lowest BCUT2D eigenvalue weighted by molar-refractivity contribution is -1.05. The predicted octanol–water partition coefficient (Wildman–Crippen LogP) is -2.38. The number of nitrogens with zero attached hydrogens (tertiary/aromatic N) is 4. The Labute approximate surface area is 261 Å². The van der Waals surface area contributed by atoms with Crippen molar-refractivity contribution < 1.29 is 52.5 Å². The number of ether oxygens (including phenoxy) is 1. The molecule has 0 saturated carbocycles. The van der Waals surface area contributed by atoms with Crippen LogP contribution in [0.5, 0.6) is 0 Å². The Kier molecular flexibility index (Phi) is 9.75. The average Bonchev–Trinajstić information content (AvgIpc) is 3.21. The number of benzene rings is 2. The second-order valence-corrected chi connectivity index (χ2v) is 13.1. The molecule has 4 heterocycles. The van der Waals surface area contributed by atoms with Crippen molar-refractivity contribution in [2.45, 2.75) is 64.3 Å². The summed E-state index contributed by atoms with van der Waals surface area (Å²) in [5.41, 5.74) is 2.39. The minimum Gasteiger partial charge on any atom is -1.00 e. The molecule has 0 aliphatic carbocycles. The molecule has 0 radical (unpaired) electrons. The third kappa shape index (κ3) is 6.15. The Morgan fingerprint density at radius 2 is 1.45 bits per heavy atom. The SMILES string of the molecule is CC(C)(C)OC(=O)NC[C@H]1C[N+]2(Cc3ccccc3)CCN3CCC[N+]4(Cc5ccccc5)CCN1[C@H]2[C@H]34.[Br-].[Br-]. The summed E-state index contributed by atoms with van der Waals surface area (Å²) in [7, 11) is 0. The van der Waals surface area contributed by atoms with Crippen LogP contribution in [0.3, 0.4) is 0 Å². The van der Waals surface area contributed by atoms with Gasteiger partial charge in [-0.2, -0.15) is 0 Å². The molecule has 5 atom stereocenters. The largest absolute Gasteiger partial charge is 1.00 e. The van der Waals surface area contributed by atoms with Crippen LogP contribution in [0.4, 0.5) is 4.79 Å². The maximum absolute atomic E-state index is 12.6. The molecule has 2 unspecified atom stereocenters. The number of nitrogens with one attached hydrogen (secondary N) is 1. The molecule has 0 spiro atoms. The monoisotopic (exact) mass is 677 g/mol. The second-order valence-electron chi connectivity index (χ2n) is 13.1. The smallest absolute Gasteiger partial charge is 0.407 e. The quantitative estimate of drug-likeness (QED) is 0.347. The van der Waals surface area contributed by atoms with E-state index in [1.165, 1.54) is 48.2 Å². The summed E-state index contributed by atoms with van der Waals surface area (Å²) in [6, 6.07) is 22.5. The molecule has 9 heteroatoms. The first-order valence-corrected chi connectivity index (χ1v) is 14.5. The van der Waals surface area contributed by atoms with E-state index in [0.29, 0.717) is 24.9 Å². The van der Waals surface area contributed by atoms with E-state index in [1.807, 2.05) is 20.8 Å². The van der Waals surface area contributed by atoms with E-state index in [1.54, 1.807) is 0 Å². The number of amides is 1. The standard InChI is InChI=1S/C31H44N5O2.2BrH/c1-31(2,3)38-30(37)32-21-27-24-36(23-26-13-8-5-9-14-26)19-16-33-15-10-18-35(22-25-11-6-4-7-12-25)20-17-34(27)29(36)28(33)35;;/h4-9,11-14,27-29H,10,15-24H2,1-3H3;2*1H/q+1;;/p-1/t27-,28+,29+,35?,36?;;/m0../s1. The zero-order valence-corrected chi connectivity index (χ0v) is 27.3. The van der Waals surface area contributed by atoms with Gasteiger partial charge in [-0.15, -0.1) is 0 Å². The number of alkyl carbamates (subject to hydrolysis) is 1. The second kappa shape index (κ2) is 12.4. The number of rotatable bonds is 6. The number of carbonyl (C=O) groups excluding carboxylic acids is 1. The first-order chi connectivity index (χ1) is 18.3. The topological polar surface area (TPSA) is 44.8 Å². The lowest BCUT2D eigenvalue weighted by Gasteiger charge is -2.62. The fraction of sp³-hybridized carbons (Fsp3) is 0.581. The summed E-state index contributed by atoms with van der Waals surface area (Å²) in [6.07, 6.45) is 1.90. The lowest BCUT2D eigenvalue weighted by Crippen LogP contribution is -3.00. The Balaban J connectivity index is 0.00000185. The van der Waals surface area contributed by atoms with Crippen LogP contribution in [0.25, 0.3) is 0 Å². The van der Waals surface area contributed by atoms with Gasteiger partial charge in [0.1, 0.15) is 18.7 Å². The molecule has 2 aromatic carbocycles. The van der Waals surface area contributed by atoms with E-state index < -0.39 is 5.60 Å². The summed E-state index contributed by atoms with van der Waals surface area (Å²) in [4.78, 5) is 18.2. The van der Waals surface area contributed by atoms with Crippen LogP contribution in [0.15, 0.2) is 60.7 Å². The van der Waals surface area contributed by atoms with Crippen molar-refractivity contribution in [3.8, 4) is 0 Å². The minimum atomic E-state index is -0.486. The zero-order chi connectivity index (χ0) is 26.4. The van der Waals surface area contributed by atoms with E-state index in [0.717, 1.165) is 37.2 Å². The van der Waals surface area contributed by atoms with E-state index >= 15 is 0 Å². The van der Waals surface area contributed by atoms with Crippen LogP contribution in [-0.2, 0) is 17.8 Å². The third-order valence-electron chi connectivity index (χ3n) is 9.39.